The van der Waals surface area contributed by atoms with Crippen LogP contribution in [0.4, 0.5) is 10.1 Å². The Bertz CT molecular complexity index is 884. The number of nitrogens with zero attached hydrogens (tertiary/aromatic N) is 2. The summed E-state index contributed by atoms with van der Waals surface area (Å²) in [5.41, 5.74) is 2.67. The molecule has 0 saturated carbocycles. The molecule has 1 aromatic carbocycles. The van der Waals surface area contributed by atoms with Gasteiger partial charge in [0.15, 0.2) is 5.13 Å². The van der Waals surface area contributed by atoms with Gasteiger partial charge in [-0.15, -0.1) is 0 Å². The summed E-state index contributed by atoms with van der Waals surface area (Å²) in [5.74, 6) is -0.293. The lowest BCUT2D eigenvalue weighted by Crippen LogP contribution is -2.13. The van der Waals surface area contributed by atoms with E-state index in [1.54, 1.807) is 6.26 Å². The van der Waals surface area contributed by atoms with Crippen molar-refractivity contribution >= 4 is 38.3 Å². The standard InChI is InChI=1S/C15H13N3O4S/c1-2-9-3-4-12-11(5-9)10(8-22-12)6-13(19)17-15-16-7-14(23-15)18(20)21/h3-5,7-8H,2,6H2,1H3,(H,16,17,19). The third-order valence-corrected chi connectivity index (χ3v) is 4.26. The second kappa shape index (κ2) is 6.17. The predicted octanol–water partition coefficient (Wildman–Crippen LogP) is 3.54. The highest BCUT2D eigenvalue weighted by molar-refractivity contribution is 7.18. The average molecular weight is 331 g/mol. The Morgan fingerprint density at radius 3 is 3.00 bits per heavy atom. The van der Waals surface area contributed by atoms with Gasteiger partial charge in [0, 0.05) is 10.9 Å². The van der Waals surface area contributed by atoms with E-state index in [0.717, 1.165) is 46.1 Å². The van der Waals surface area contributed by atoms with E-state index >= 15 is 0 Å². The molecule has 0 aliphatic carbocycles. The number of carbonyl (C=O) groups is 1. The zero-order chi connectivity index (χ0) is 16.4. The molecule has 0 unspecified atom stereocenters. The van der Waals surface area contributed by atoms with Crippen molar-refractivity contribution in [3.05, 3.63) is 51.9 Å². The quantitative estimate of drug-likeness (QED) is 0.569. The van der Waals surface area contributed by atoms with E-state index in [0.29, 0.717) is 0 Å². The lowest BCUT2D eigenvalue weighted by Gasteiger charge is -2.01. The number of hydrogen-bond acceptors (Lipinski definition) is 6. The summed E-state index contributed by atoms with van der Waals surface area (Å²) < 4.78 is 5.45. The fraction of sp³-hybridized carbons (Fsp3) is 0.200. The number of aromatic nitrogens is 1. The van der Waals surface area contributed by atoms with Crippen LogP contribution in [0.2, 0.25) is 0 Å². The summed E-state index contributed by atoms with van der Waals surface area (Å²) in [5, 5.41) is 14.2. The summed E-state index contributed by atoms with van der Waals surface area (Å²) in [6.07, 6.45) is 3.71. The van der Waals surface area contributed by atoms with Crippen LogP contribution in [0.25, 0.3) is 11.0 Å². The SMILES string of the molecule is CCc1ccc2occ(CC(=O)Nc3ncc([N+](=O)[O-])s3)c2c1. The molecule has 2 aromatic heterocycles. The van der Waals surface area contributed by atoms with Gasteiger partial charge in [0.2, 0.25) is 5.91 Å². The fourth-order valence-corrected chi connectivity index (χ4v) is 2.88. The van der Waals surface area contributed by atoms with E-state index in [4.69, 9.17) is 4.42 Å². The Kier molecular flexibility index (Phi) is 4.07. The molecule has 0 fully saturated rings. The maximum absolute atomic E-state index is 12.1. The maximum Gasteiger partial charge on any atom is 0.345 e. The van der Waals surface area contributed by atoms with Gasteiger partial charge < -0.3 is 9.73 Å². The zero-order valence-corrected chi connectivity index (χ0v) is 13.1. The van der Waals surface area contributed by atoms with Crippen molar-refractivity contribution in [2.45, 2.75) is 19.8 Å². The molecule has 1 amide bonds. The molecule has 0 atom stereocenters. The minimum Gasteiger partial charge on any atom is -0.464 e. The van der Waals surface area contributed by atoms with E-state index in [2.05, 4.69) is 17.2 Å². The zero-order valence-electron chi connectivity index (χ0n) is 12.2. The van der Waals surface area contributed by atoms with E-state index in [-0.39, 0.29) is 22.5 Å². The molecule has 3 aromatic rings. The molecule has 118 valence electrons. The molecule has 0 aliphatic heterocycles. The van der Waals surface area contributed by atoms with Gasteiger partial charge in [-0.25, -0.2) is 4.98 Å². The van der Waals surface area contributed by atoms with Crippen LogP contribution in [-0.2, 0) is 17.6 Å². The molecule has 23 heavy (non-hydrogen) atoms. The molecule has 8 heteroatoms. The number of fused-ring (bicyclic) bond motifs is 1. The highest BCUT2D eigenvalue weighted by Crippen LogP contribution is 2.26. The molecule has 0 saturated heterocycles. The summed E-state index contributed by atoms with van der Waals surface area (Å²) in [4.78, 5) is 26.0. The van der Waals surface area contributed by atoms with Crippen molar-refractivity contribution in [1.82, 2.24) is 4.98 Å². The molecule has 0 spiro atoms. The van der Waals surface area contributed by atoms with Gasteiger partial charge in [0.1, 0.15) is 11.8 Å². The molecule has 2 heterocycles. The van der Waals surface area contributed by atoms with E-state index < -0.39 is 4.92 Å². The first kappa shape index (κ1) is 15.2. The number of anilines is 1. The number of thiazole rings is 1. The minimum atomic E-state index is -0.539. The van der Waals surface area contributed by atoms with Crippen LogP contribution in [0, 0.1) is 10.1 Å². The minimum absolute atomic E-state index is 0.110. The van der Waals surface area contributed by atoms with Crippen LogP contribution < -0.4 is 5.32 Å². The maximum atomic E-state index is 12.1. The molecule has 1 N–H and O–H groups in total. The number of nitro groups is 1. The van der Waals surface area contributed by atoms with Crippen molar-refractivity contribution in [2.24, 2.45) is 0 Å². The number of nitrogens with one attached hydrogen (secondary N) is 1. The van der Waals surface area contributed by atoms with Crippen LogP contribution in [0.1, 0.15) is 18.1 Å². The summed E-state index contributed by atoms with van der Waals surface area (Å²) in [6.45, 7) is 2.06. The normalized spacial score (nSPS) is 10.8. The van der Waals surface area contributed by atoms with Crippen LogP contribution in [-0.4, -0.2) is 15.8 Å². The topological polar surface area (TPSA) is 98.3 Å². The first-order chi connectivity index (χ1) is 11.1. The second-order valence-electron chi connectivity index (χ2n) is 4.93. The van der Waals surface area contributed by atoms with Gasteiger partial charge >= 0.3 is 5.00 Å². The van der Waals surface area contributed by atoms with Crippen LogP contribution in [0.15, 0.2) is 35.1 Å². The van der Waals surface area contributed by atoms with E-state index in [9.17, 15) is 14.9 Å². The average Bonchev–Trinajstić information content (AvgIpc) is 3.14. The lowest BCUT2D eigenvalue weighted by atomic mass is 10.1. The van der Waals surface area contributed by atoms with Crippen molar-refractivity contribution in [1.29, 1.82) is 0 Å². The summed E-state index contributed by atoms with van der Waals surface area (Å²) in [7, 11) is 0. The smallest absolute Gasteiger partial charge is 0.345 e. The van der Waals surface area contributed by atoms with Crippen molar-refractivity contribution in [3.63, 3.8) is 0 Å². The predicted molar refractivity (Wildman–Crippen MR) is 86.7 cm³/mol. The fourth-order valence-electron chi connectivity index (χ4n) is 2.23. The number of furan rings is 1. The van der Waals surface area contributed by atoms with Gasteiger partial charge in [0.25, 0.3) is 0 Å². The second-order valence-corrected chi connectivity index (χ2v) is 5.94. The Morgan fingerprint density at radius 2 is 2.30 bits per heavy atom. The summed E-state index contributed by atoms with van der Waals surface area (Å²) in [6, 6.07) is 5.89. The Hall–Kier alpha value is -2.74. The first-order valence-corrected chi connectivity index (χ1v) is 7.77. The number of aryl methyl sites for hydroxylation is 1. The number of hydrogen-bond donors (Lipinski definition) is 1. The van der Waals surface area contributed by atoms with Crippen LogP contribution >= 0.6 is 11.3 Å². The molecule has 0 bridgehead atoms. The number of rotatable bonds is 5. The molecule has 0 radical (unpaired) electrons. The third kappa shape index (κ3) is 3.21. The number of carbonyl (C=O) groups excluding carboxylic acids is 1. The van der Waals surface area contributed by atoms with E-state index in [1.165, 1.54) is 0 Å². The molecular formula is C15H13N3O4S. The van der Waals surface area contributed by atoms with Crippen molar-refractivity contribution in [2.75, 3.05) is 5.32 Å². The highest BCUT2D eigenvalue weighted by atomic mass is 32.1. The van der Waals surface area contributed by atoms with Crippen LogP contribution in [0.5, 0.6) is 0 Å². The van der Waals surface area contributed by atoms with Gasteiger partial charge in [-0.1, -0.05) is 13.0 Å². The molecule has 7 nitrogen and oxygen atoms in total. The number of benzene rings is 1. The Morgan fingerprint density at radius 1 is 1.48 bits per heavy atom. The van der Waals surface area contributed by atoms with Crippen molar-refractivity contribution in [3.8, 4) is 0 Å². The van der Waals surface area contributed by atoms with Gasteiger partial charge in [0.05, 0.1) is 17.6 Å². The largest absolute Gasteiger partial charge is 0.464 e. The highest BCUT2D eigenvalue weighted by Gasteiger charge is 2.15. The summed E-state index contributed by atoms with van der Waals surface area (Å²) >= 11 is 0.826. The molecule has 0 aliphatic rings. The van der Waals surface area contributed by atoms with Crippen LogP contribution in [0.3, 0.4) is 0 Å². The molecule has 3 rings (SSSR count). The first-order valence-electron chi connectivity index (χ1n) is 6.96. The third-order valence-electron chi connectivity index (χ3n) is 3.40. The van der Waals surface area contributed by atoms with E-state index in [1.807, 2.05) is 18.2 Å². The Balaban J connectivity index is 1.75. The monoisotopic (exact) mass is 331 g/mol. The number of amides is 1. The lowest BCUT2D eigenvalue weighted by molar-refractivity contribution is -0.380. The van der Waals surface area contributed by atoms with Gasteiger partial charge in [-0.05, 0) is 35.5 Å². The molecular weight excluding hydrogens is 318 g/mol. The Labute approximate surface area is 135 Å². The van der Waals surface area contributed by atoms with Gasteiger partial charge in [-0.2, -0.15) is 0 Å². The van der Waals surface area contributed by atoms with Crippen molar-refractivity contribution < 1.29 is 14.1 Å². The van der Waals surface area contributed by atoms with Gasteiger partial charge in [-0.3, -0.25) is 14.9 Å².